The molecule has 22 heavy (non-hydrogen) atoms. The van der Waals surface area contributed by atoms with Crippen molar-refractivity contribution in [1.82, 2.24) is 4.90 Å². The number of carbonyl (C=O) groups excluding carboxylic acids is 1. The smallest absolute Gasteiger partial charge is 0.250 e. The minimum Gasteiger partial charge on any atom is -0.323 e. The number of rotatable bonds is 6. The fourth-order valence-corrected chi connectivity index (χ4v) is 4.79. The van der Waals surface area contributed by atoms with Crippen molar-refractivity contribution in [3.8, 4) is 0 Å². The third kappa shape index (κ3) is 3.24. The van der Waals surface area contributed by atoms with E-state index in [2.05, 4.69) is 42.2 Å². The Morgan fingerprint density at radius 1 is 1.18 bits per heavy atom. The van der Waals surface area contributed by atoms with Gasteiger partial charge in [0.15, 0.2) is 0 Å². The van der Waals surface area contributed by atoms with Crippen molar-refractivity contribution in [2.45, 2.75) is 56.6 Å². The molecule has 2 aliphatic rings. The summed E-state index contributed by atoms with van der Waals surface area (Å²) in [5, 5.41) is 0.287. The lowest BCUT2D eigenvalue weighted by molar-refractivity contribution is -0.126. The van der Waals surface area contributed by atoms with Crippen molar-refractivity contribution < 1.29 is 4.79 Å². The predicted molar refractivity (Wildman–Crippen MR) is 93.6 cm³/mol. The Morgan fingerprint density at radius 3 is 2.73 bits per heavy atom. The van der Waals surface area contributed by atoms with Crippen LogP contribution >= 0.6 is 11.8 Å². The third-order valence-corrected chi connectivity index (χ3v) is 5.97. The van der Waals surface area contributed by atoms with Gasteiger partial charge in [0.2, 0.25) is 0 Å². The molecule has 1 aliphatic heterocycles. The van der Waals surface area contributed by atoms with E-state index in [0.717, 1.165) is 43.6 Å². The standard InChI is InChI=1S/C19H25NOS/c1-2-3-13-20-18(21)16-11-7-8-12-17(16)19(20)22-14-15-9-5-4-6-10-15/h4-6,9-10,19H,2-3,7-8,11-14H2,1H3/t19-/m1/s1. The highest BCUT2D eigenvalue weighted by molar-refractivity contribution is 7.99. The topological polar surface area (TPSA) is 20.3 Å². The molecule has 0 N–H and O–H groups in total. The lowest BCUT2D eigenvalue weighted by Crippen LogP contribution is -2.34. The van der Waals surface area contributed by atoms with E-state index < -0.39 is 0 Å². The normalized spacial score (nSPS) is 21.4. The van der Waals surface area contributed by atoms with Gasteiger partial charge in [0.05, 0.1) is 0 Å². The Labute approximate surface area is 138 Å². The third-order valence-electron chi connectivity index (χ3n) is 4.61. The maximum atomic E-state index is 12.7. The zero-order valence-electron chi connectivity index (χ0n) is 13.4. The van der Waals surface area contributed by atoms with E-state index >= 15 is 0 Å². The summed E-state index contributed by atoms with van der Waals surface area (Å²) < 4.78 is 0. The minimum atomic E-state index is 0.287. The summed E-state index contributed by atoms with van der Waals surface area (Å²) in [4.78, 5) is 14.9. The summed E-state index contributed by atoms with van der Waals surface area (Å²) in [7, 11) is 0. The lowest BCUT2D eigenvalue weighted by atomic mass is 9.94. The molecule has 0 radical (unpaired) electrons. The van der Waals surface area contributed by atoms with E-state index in [9.17, 15) is 4.79 Å². The van der Waals surface area contributed by atoms with E-state index in [4.69, 9.17) is 0 Å². The second kappa shape index (κ2) is 7.36. The Hall–Kier alpha value is -1.22. The van der Waals surface area contributed by atoms with Crippen LogP contribution in [0, 0.1) is 0 Å². The van der Waals surface area contributed by atoms with E-state index in [-0.39, 0.29) is 5.37 Å². The number of hydrogen-bond donors (Lipinski definition) is 0. The van der Waals surface area contributed by atoms with E-state index in [1.807, 2.05) is 11.8 Å². The highest BCUT2D eigenvalue weighted by atomic mass is 32.2. The molecule has 1 heterocycles. The zero-order valence-corrected chi connectivity index (χ0v) is 14.2. The Morgan fingerprint density at radius 2 is 1.95 bits per heavy atom. The summed E-state index contributed by atoms with van der Waals surface area (Å²) in [6.45, 7) is 3.11. The average molecular weight is 315 g/mol. The first-order valence-electron chi connectivity index (χ1n) is 8.49. The summed E-state index contributed by atoms with van der Waals surface area (Å²) in [5.41, 5.74) is 3.93. The second-order valence-electron chi connectivity index (χ2n) is 6.21. The van der Waals surface area contributed by atoms with Crippen molar-refractivity contribution in [1.29, 1.82) is 0 Å². The van der Waals surface area contributed by atoms with Crippen LogP contribution in [0.4, 0.5) is 0 Å². The molecule has 1 aromatic carbocycles. The Bertz CT molecular complexity index is 552. The molecule has 2 nitrogen and oxygen atoms in total. The minimum absolute atomic E-state index is 0.287. The van der Waals surface area contributed by atoms with Gasteiger partial charge < -0.3 is 4.90 Å². The first-order valence-corrected chi connectivity index (χ1v) is 9.54. The zero-order chi connectivity index (χ0) is 15.4. The van der Waals surface area contributed by atoms with Gasteiger partial charge in [-0.15, -0.1) is 11.8 Å². The van der Waals surface area contributed by atoms with E-state index in [1.54, 1.807) is 0 Å². The molecular formula is C19H25NOS. The van der Waals surface area contributed by atoms with Crippen LogP contribution in [0.5, 0.6) is 0 Å². The highest BCUT2D eigenvalue weighted by Crippen LogP contribution is 2.42. The molecule has 0 fully saturated rings. The first-order chi connectivity index (χ1) is 10.8. The first kappa shape index (κ1) is 15.7. The molecule has 1 atom stereocenters. The molecule has 1 aliphatic carbocycles. The molecular weight excluding hydrogens is 290 g/mol. The maximum absolute atomic E-state index is 12.7. The average Bonchev–Trinajstić information content (AvgIpc) is 2.84. The second-order valence-corrected chi connectivity index (χ2v) is 7.28. The molecule has 1 amide bonds. The van der Waals surface area contributed by atoms with Gasteiger partial charge in [-0.25, -0.2) is 0 Å². The van der Waals surface area contributed by atoms with Crippen LogP contribution < -0.4 is 0 Å². The van der Waals surface area contributed by atoms with Gasteiger partial charge in [-0.2, -0.15) is 0 Å². The van der Waals surface area contributed by atoms with Crippen molar-refractivity contribution in [3.05, 3.63) is 47.0 Å². The van der Waals surface area contributed by atoms with Gasteiger partial charge in [-0.3, -0.25) is 4.79 Å². The Balaban J connectivity index is 1.74. The van der Waals surface area contributed by atoms with Crippen molar-refractivity contribution in [2.24, 2.45) is 0 Å². The number of hydrogen-bond acceptors (Lipinski definition) is 2. The maximum Gasteiger partial charge on any atom is 0.250 e. The van der Waals surface area contributed by atoms with Crippen LogP contribution in [0.1, 0.15) is 51.0 Å². The number of unbranched alkanes of at least 4 members (excludes halogenated alkanes) is 1. The summed E-state index contributed by atoms with van der Waals surface area (Å²) in [6, 6.07) is 10.6. The SMILES string of the molecule is CCCCN1C(=O)C2=C(CCCC2)[C@H]1SCc1ccccc1. The summed E-state index contributed by atoms with van der Waals surface area (Å²) >= 11 is 1.93. The molecule has 118 valence electrons. The van der Waals surface area contributed by atoms with E-state index in [0.29, 0.717) is 5.91 Å². The van der Waals surface area contributed by atoms with Gasteiger partial charge in [-0.1, -0.05) is 43.7 Å². The van der Waals surface area contributed by atoms with Gasteiger partial charge in [0.1, 0.15) is 5.37 Å². The molecule has 0 spiro atoms. The number of thioether (sulfide) groups is 1. The molecule has 0 bridgehead atoms. The van der Waals surface area contributed by atoms with Gasteiger partial charge >= 0.3 is 0 Å². The number of carbonyl (C=O) groups is 1. The molecule has 0 saturated carbocycles. The summed E-state index contributed by atoms with van der Waals surface area (Å²) in [5.74, 6) is 1.31. The van der Waals surface area contributed by atoms with Crippen LogP contribution in [-0.2, 0) is 10.5 Å². The molecule has 0 saturated heterocycles. The fraction of sp³-hybridized carbons (Fsp3) is 0.526. The molecule has 1 aromatic rings. The molecule has 3 heteroatoms. The van der Waals surface area contributed by atoms with Crippen LogP contribution in [0.15, 0.2) is 41.5 Å². The van der Waals surface area contributed by atoms with Gasteiger partial charge in [0, 0.05) is 17.9 Å². The molecule has 0 unspecified atom stereocenters. The van der Waals surface area contributed by atoms with Crippen molar-refractivity contribution in [2.75, 3.05) is 6.54 Å². The van der Waals surface area contributed by atoms with Crippen LogP contribution in [0.3, 0.4) is 0 Å². The quantitative estimate of drug-likeness (QED) is 0.754. The Kier molecular flexibility index (Phi) is 5.24. The van der Waals surface area contributed by atoms with Crippen molar-refractivity contribution >= 4 is 17.7 Å². The van der Waals surface area contributed by atoms with Gasteiger partial charge in [0.25, 0.3) is 5.91 Å². The van der Waals surface area contributed by atoms with Crippen LogP contribution in [0.25, 0.3) is 0 Å². The lowest BCUT2D eigenvalue weighted by Gasteiger charge is -2.27. The monoisotopic (exact) mass is 315 g/mol. The number of amides is 1. The van der Waals surface area contributed by atoms with E-state index in [1.165, 1.54) is 24.0 Å². The number of benzene rings is 1. The van der Waals surface area contributed by atoms with Crippen molar-refractivity contribution in [3.63, 3.8) is 0 Å². The number of nitrogens with zero attached hydrogens (tertiary/aromatic N) is 1. The summed E-state index contributed by atoms with van der Waals surface area (Å²) in [6.07, 6.45) is 6.80. The molecule has 3 rings (SSSR count). The fourth-order valence-electron chi connectivity index (χ4n) is 3.40. The highest BCUT2D eigenvalue weighted by Gasteiger charge is 2.39. The molecule has 0 aromatic heterocycles. The van der Waals surface area contributed by atoms with Gasteiger partial charge in [-0.05, 0) is 43.2 Å². The van der Waals surface area contributed by atoms with Crippen LogP contribution in [0.2, 0.25) is 0 Å². The van der Waals surface area contributed by atoms with Crippen LogP contribution in [-0.4, -0.2) is 22.7 Å². The predicted octanol–water partition coefficient (Wildman–Crippen LogP) is 4.76. The largest absolute Gasteiger partial charge is 0.323 e.